The first kappa shape index (κ1) is 13.1. The van der Waals surface area contributed by atoms with Gasteiger partial charge in [-0.15, -0.1) is 0 Å². The second-order valence-corrected chi connectivity index (χ2v) is 4.83. The maximum absolute atomic E-state index is 5.25. The van der Waals surface area contributed by atoms with Crippen LogP contribution in [0.2, 0.25) is 0 Å². The molecule has 1 atom stereocenters. The molecule has 2 N–H and O–H groups in total. The van der Waals surface area contributed by atoms with Crippen molar-refractivity contribution in [3.05, 3.63) is 46.5 Å². The first-order valence-corrected chi connectivity index (χ1v) is 6.53. The molecule has 1 aromatic carbocycles. The lowest BCUT2D eigenvalue weighted by Crippen LogP contribution is -2.20. The molecule has 18 heavy (non-hydrogen) atoms. The summed E-state index contributed by atoms with van der Waals surface area (Å²) in [5.74, 6) is 1.80. The van der Waals surface area contributed by atoms with Crippen molar-refractivity contribution in [2.75, 3.05) is 14.2 Å². The van der Waals surface area contributed by atoms with Crippen molar-refractivity contribution in [3.8, 4) is 5.75 Å². The molecule has 2 rings (SSSR count). The van der Waals surface area contributed by atoms with Crippen LogP contribution < -0.4 is 10.1 Å². The second-order valence-electron chi connectivity index (χ2n) is 3.98. The Balaban J connectivity index is 2.21. The zero-order chi connectivity index (χ0) is 13.0. The molecule has 0 saturated carbocycles. The van der Waals surface area contributed by atoms with Gasteiger partial charge in [0.15, 0.2) is 0 Å². The largest absolute Gasteiger partial charge is 0.497 e. The van der Waals surface area contributed by atoms with Gasteiger partial charge in [-0.1, -0.05) is 15.9 Å². The fourth-order valence-corrected chi connectivity index (χ4v) is 2.27. The van der Waals surface area contributed by atoms with Gasteiger partial charge in [0.1, 0.15) is 11.6 Å². The second kappa shape index (κ2) is 6.02. The Morgan fingerprint density at radius 2 is 2.33 bits per heavy atom. The predicted octanol–water partition coefficient (Wildman–Crippen LogP) is 2.68. The topological polar surface area (TPSA) is 49.9 Å². The molecule has 96 valence electrons. The van der Waals surface area contributed by atoms with Gasteiger partial charge in [-0.3, -0.25) is 0 Å². The van der Waals surface area contributed by atoms with Gasteiger partial charge >= 0.3 is 0 Å². The van der Waals surface area contributed by atoms with Crippen LogP contribution in [0.5, 0.6) is 5.75 Å². The molecule has 0 spiro atoms. The highest BCUT2D eigenvalue weighted by Gasteiger charge is 2.14. The molecule has 1 unspecified atom stereocenters. The van der Waals surface area contributed by atoms with E-state index in [9.17, 15) is 0 Å². The molecule has 5 heteroatoms. The highest BCUT2D eigenvalue weighted by molar-refractivity contribution is 9.10. The van der Waals surface area contributed by atoms with Crippen molar-refractivity contribution in [2.24, 2.45) is 0 Å². The number of aromatic nitrogens is 2. The number of H-pyrrole nitrogens is 1. The number of aromatic amines is 1. The van der Waals surface area contributed by atoms with Crippen LogP contribution in [-0.4, -0.2) is 24.1 Å². The fraction of sp³-hybridized carbons (Fsp3) is 0.308. The number of methoxy groups -OCH3 is 1. The maximum atomic E-state index is 5.25. The predicted molar refractivity (Wildman–Crippen MR) is 74.8 cm³/mol. The zero-order valence-electron chi connectivity index (χ0n) is 10.4. The van der Waals surface area contributed by atoms with Crippen molar-refractivity contribution in [1.29, 1.82) is 0 Å². The lowest BCUT2D eigenvalue weighted by atomic mass is 10.1. The Kier molecular flexibility index (Phi) is 4.38. The third kappa shape index (κ3) is 2.91. The minimum atomic E-state index is 0.156. The van der Waals surface area contributed by atoms with Crippen LogP contribution in [0.1, 0.15) is 17.4 Å². The molecule has 0 aliphatic carbocycles. The minimum Gasteiger partial charge on any atom is -0.497 e. The average Bonchev–Trinajstić information content (AvgIpc) is 2.91. The van der Waals surface area contributed by atoms with Gasteiger partial charge in [0, 0.05) is 16.9 Å². The molecule has 0 saturated heterocycles. The molecule has 1 heterocycles. The van der Waals surface area contributed by atoms with Crippen molar-refractivity contribution in [2.45, 2.75) is 12.5 Å². The Hall–Kier alpha value is -1.33. The van der Waals surface area contributed by atoms with E-state index in [2.05, 4.69) is 31.2 Å². The van der Waals surface area contributed by atoms with Gasteiger partial charge in [0.05, 0.1) is 13.2 Å². The SMILES string of the molecule is CNC(Cc1cc(OC)ccc1Br)c1ncc[nH]1. The monoisotopic (exact) mass is 309 g/mol. The summed E-state index contributed by atoms with van der Waals surface area (Å²) in [5, 5.41) is 3.26. The van der Waals surface area contributed by atoms with Crippen molar-refractivity contribution >= 4 is 15.9 Å². The van der Waals surface area contributed by atoms with E-state index >= 15 is 0 Å². The van der Waals surface area contributed by atoms with Gasteiger partial charge in [0.2, 0.25) is 0 Å². The molecule has 0 aliphatic rings. The van der Waals surface area contributed by atoms with E-state index in [-0.39, 0.29) is 6.04 Å². The van der Waals surface area contributed by atoms with Gasteiger partial charge in [-0.05, 0) is 37.2 Å². The van der Waals surface area contributed by atoms with Crippen molar-refractivity contribution in [1.82, 2.24) is 15.3 Å². The quantitative estimate of drug-likeness (QED) is 0.893. The number of nitrogens with zero attached hydrogens (tertiary/aromatic N) is 1. The third-order valence-corrected chi connectivity index (χ3v) is 3.65. The van der Waals surface area contributed by atoms with Crippen LogP contribution in [0.15, 0.2) is 35.1 Å². The number of hydrogen-bond acceptors (Lipinski definition) is 3. The van der Waals surface area contributed by atoms with Crippen molar-refractivity contribution in [3.63, 3.8) is 0 Å². The van der Waals surface area contributed by atoms with Crippen LogP contribution in [-0.2, 0) is 6.42 Å². The number of likely N-dealkylation sites (N-methyl/N-ethyl adjacent to an activating group) is 1. The Morgan fingerprint density at radius 1 is 1.50 bits per heavy atom. The minimum absolute atomic E-state index is 0.156. The zero-order valence-corrected chi connectivity index (χ0v) is 12.0. The summed E-state index contributed by atoms with van der Waals surface area (Å²) in [6, 6.07) is 6.14. The van der Waals surface area contributed by atoms with Gasteiger partial charge in [0.25, 0.3) is 0 Å². The summed E-state index contributed by atoms with van der Waals surface area (Å²) in [4.78, 5) is 7.43. The van der Waals surface area contributed by atoms with Gasteiger partial charge in [-0.25, -0.2) is 4.98 Å². The summed E-state index contributed by atoms with van der Waals surface area (Å²) < 4.78 is 6.33. The fourth-order valence-electron chi connectivity index (χ4n) is 1.86. The molecule has 0 radical (unpaired) electrons. The molecule has 4 nitrogen and oxygen atoms in total. The van der Waals surface area contributed by atoms with E-state index in [0.29, 0.717) is 0 Å². The third-order valence-electron chi connectivity index (χ3n) is 2.87. The van der Waals surface area contributed by atoms with Crippen molar-refractivity contribution < 1.29 is 4.74 Å². The summed E-state index contributed by atoms with van der Waals surface area (Å²) in [6.45, 7) is 0. The Labute approximate surface area is 115 Å². The van der Waals surface area contributed by atoms with Crippen LogP contribution in [0, 0.1) is 0 Å². The molecular formula is C13H16BrN3O. The number of nitrogens with one attached hydrogen (secondary N) is 2. The number of rotatable bonds is 5. The first-order chi connectivity index (χ1) is 8.74. The molecule has 0 amide bonds. The van der Waals surface area contributed by atoms with E-state index in [1.807, 2.05) is 31.4 Å². The normalized spacial score (nSPS) is 12.4. The molecule has 0 bridgehead atoms. The highest BCUT2D eigenvalue weighted by atomic mass is 79.9. The van der Waals surface area contributed by atoms with Crippen LogP contribution in [0.25, 0.3) is 0 Å². The van der Waals surface area contributed by atoms with E-state index in [1.54, 1.807) is 13.3 Å². The molecule has 1 aromatic heterocycles. The number of hydrogen-bond donors (Lipinski definition) is 2. The molecule has 0 aliphatic heterocycles. The van der Waals surface area contributed by atoms with E-state index in [1.165, 1.54) is 5.56 Å². The summed E-state index contributed by atoms with van der Waals surface area (Å²) >= 11 is 3.57. The standard InChI is InChI=1S/C13H16BrN3O/c1-15-12(13-16-5-6-17-13)8-9-7-10(18-2)3-4-11(9)14/h3-7,12,15H,8H2,1-2H3,(H,16,17). The highest BCUT2D eigenvalue weighted by Crippen LogP contribution is 2.26. The number of imidazole rings is 1. The van der Waals surface area contributed by atoms with E-state index in [4.69, 9.17) is 4.74 Å². The summed E-state index contributed by atoms with van der Waals surface area (Å²) in [7, 11) is 3.61. The maximum Gasteiger partial charge on any atom is 0.123 e. The molecular weight excluding hydrogens is 294 g/mol. The van der Waals surface area contributed by atoms with Crippen LogP contribution in [0.4, 0.5) is 0 Å². The van der Waals surface area contributed by atoms with Gasteiger partial charge < -0.3 is 15.0 Å². The lowest BCUT2D eigenvalue weighted by molar-refractivity contribution is 0.413. The van der Waals surface area contributed by atoms with E-state index < -0.39 is 0 Å². The number of halogens is 1. The Bertz CT molecular complexity index is 499. The summed E-state index contributed by atoms with van der Waals surface area (Å²) in [6.07, 6.45) is 4.43. The average molecular weight is 310 g/mol. The summed E-state index contributed by atoms with van der Waals surface area (Å²) in [5.41, 5.74) is 1.19. The van der Waals surface area contributed by atoms with Gasteiger partial charge in [-0.2, -0.15) is 0 Å². The van der Waals surface area contributed by atoms with E-state index in [0.717, 1.165) is 22.5 Å². The molecule has 0 fully saturated rings. The number of ether oxygens (including phenoxy) is 1. The Morgan fingerprint density at radius 3 is 2.94 bits per heavy atom. The van der Waals surface area contributed by atoms with Crippen LogP contribution >= 0.6 is 15.9 Å². The number of benzene rings is 1. The first-order valence-electron chi connectivity index (χ1n) is 5.73. The smallest absolute Gasteiger partial charge is 0.123 e. The molecule has 2 aromatic rings. The lowest BCUT2D eigenvalue weighted by Gasteiger charge is -2.15. The van der Waals surface area contributed by atoms with Crippen LogP contribution in [0.3, 0.4) is 0 Å².